The second-order valence-corrected chi connectivity index (χ2v) is 4.63. The van der Waals surface area contributed by atoms with E-state index in [4.69, 9.17) is 5.26 Å². The van der Waals surface area contributed by atoms with Crippen LogP contribution in [-0.4, -0.2) is 23.4 Å². The number of nitro groups is 1. The van der Waals surface area contributed by atoms with Crippen LogP contribution in [0.2, 0.25) is 0 Å². The van der Waals surface area contributed by atoms with E-state index in [1.54, 1.807) is 0 Å². The molecule has 1 aliphatic carbocycles. The van der Waals surface area contributed by atoms with Crippen LogP contribution in [0.4, 0.5) is 11.4 Å². The SMILES string of the molecule is N#Cc1cc([N+](=O)[O-])ccc1NC(=O)CCNC1CC1. The van der Waals surface area contributed by atoms with Gasteiger partial charge < -0.3 is 10.6 Å². The Bertz CT molecular complexity index is 575. The molecule has 0 radical (unpaired) electrons. The van der Waals surface area contributed by atoms with Gasteiger partial charge in [0.1, 0.15) is 6.07 Å². The molecule has 1 aliphatic rings. The first-order valence-electron chi connectivity index (χ1n) is 6.32. The summed E-state index contributed by atoms with van der Waals surface area (Å²) in [5.41, 5.74) is 0.215. The summed E-state index contributed by atoms with van der Waals surface area (Å²) < 4.78 is 0. The quantitative estimate of drug-likeness (QED) is 0.604. The molecule has 1 aromatic rings. The van der Waals surface area contributed by atoms with E-state index < -0.39 is 4.92 Å². The van der Waals surface area contributed by atoms with Crippen LogP contribution >= 0.6 is 0 Å². The van der Waals surface area contributed by atoms with Crippen molar-refractivity contribution >= 4 is 17.3 Å². The van der Waals surface area contributed by atoms with E-state index in [0.717, 1.165) is 18.9 Å². The molecule has 0 bridgehead atoms. The zero-order valence-electron chi connectivity index (χ0n) is 10.8. The van der Waals surface area contributed by atoms with E-state index in [1.807, 2.05) is 6.07 Å². The number of nitrogens with one attached hydrogen (secondary N) is 2. The molecule has 1 aromatic carbocycles. The number of hydrogen-bond donors (Lipinski definition) is 2. The third-order valence-electron chi connectivity index (χ3n) is 2.97. The summed E-state index contributed by atoms with van der Waals surface area (Å²) in [5, 5.41) is 25.4. The van der Waals surface area contributed by atoms with Crippen LogP contribution in [0.1, 0.15) is 24.8 Å². The van der Waals surface area contributed by atoms with Crippen molar-refractivity contribution in [3.05, 3.63) is 33.9 Å². The summed E-state index contributed by atoms with van der Waals surface area (Å²) in [5.74, 6) is -0.219. The van der Waals surface area contributed by atoms with Crippen LogP contribution in [0.5, 0.6) is 0 Å². The Labute approximate surface area is 115 Å². The molecule has 104 valence electrons. The van der Waals surface area contributed by atoms with Gasteiger partial charge in [-0.15, -0.1) is 0 Å². The van der Waals surface area contributed by atoms with Gasteiger partial charge in [0.15, 0.2) is 0 Å². The van der Waals surface area contributed by atoms with Gasteiger partial charge in [0.25, 0.3) is 5.69 Å². The standard InChI is InChI=1S/C13H14N4O3/c14-8-9-7-11(17(19)20)3-4-12(9)16-13(18)5-6-15-10-1-2-10/h3-4,7,10,15H,1-2,5-6H2,(H,16,18). The molecule has 0 spiro atoms. The zero-order valence-corrected chi connectivity index (χ0v) is 10.8. The highest BCUT2D eigenvalue weighted by Gasteiger charge is 2.20. The molecule has 1 saturated carbocycles. The fraction of sp³-hybridized carbons (Fsp3) is 0.385. The van der Waals surface area contributed by atoms with Crippen molar-refractivity contribution in [1.29, 1.82) is 5.26 Å². The summed E-state index contributed by atoms with van der Waals surface area (Å²) >= 11 is 0. The van der Waals surface area contributed by atoms with Gasteiger partial charge >= 0.3 is 0 Å². The highest BCUT2D eigenvalue weighted by atomic mass is 16.6. The van der Waals surface area contributed by atoms with E-state index >= 15 is 0 Å². The molecule has 7 nitrogen and oxygen atoms in total. The van der Waals surface area contributed by atoms with Crippen LogP contribution in [0, 0.1) is 21.4 Å². The molecule has 0 saturated heterocycles. The molecule has 1 fully saturated rings. The number of rotatable bonds is 6. The molecular weight excluding hydrogens is 260 g/mol. The van der Waals surface area contributed by atoms with Gasteiger partial charge in [-0.3, -0.25) is 14.9 Å². The number of carbonyl (C=O) groups is 1. The highest BCUT2D eigenvalue weighted by molar-refractivity contribution is 5.92. The Kier molecular flexibility index (Phi) is 4.27. The molecule has 0 aromatic heterocycles. The van der Waals surface area contributed by atoms with Crippen molar-refractivity contribution in [3.8, 4) is 6.07 Å². The number of benzene rings is 1. The lowest BCUT2D eigenvalue weighted by molar-refractivity contribution is -0.384. The lowest BCUT2D eigenvalue weighted by atomic mass is 10.1. The minimum atomic E-state index is -0.577. The molecule has 0 heterocycles. The molecule has 0 aliphatic heterocycles. The van der Waals surface area contributed by atoms with Crippen molar-refractivity contribution in [2.45, 2.75) is 25.3 Å². The van der Waals surface area contributed by atoms with E-state index in [2.05, 4.69) is 10.6 Å². The third-order valence-corrected chi connectivity index (χ3v) is 2.97. The number of nitro benzene ring substituents is 1. The number of non-ortho nitro benzene ring substituents is 1. The molecule has 2 N–H and O–H groups in total. The third kappa shape index (κ3) is 3.76. The van der Waals surface area contributed by atoms with Crippen LogP contribution in [0.3, 0.4) is 0 Å². The Balaban J connectivity index is 1.95. The molecule has 20 heavy (non-hydrogen) atoms. The van der Waals surface area contributed by atoms with E-state index in [9.17, 15) is 14.9 Å². The second kappa shape index (κ2) is 6.12. The van der Waals surface area contributed by atoms with Crippen LogP contribution in [0.25, 0.3) is 0 Å². The van der Waals surface area contributed by atoms with Gasteiger partial charge in [-0.1, -0.05) is 0 Å². The highest BCUT2D eigenvalue weighted by Crippen LogP contribution is 2.21. The van der Waals surface area contributed by atoms with Crippen LogP contribution in [-0.2, 0) is 4.79 Å². The zero-order chi connectivity index (χ0) is 14.5. The normalized spacial score (nSPS) is 13.6. The average molecular weight is 274 g/mol. The van der Waals surface area contributed by atoms with E-state index in [-0.39, 0.29) is 17.2 Å². The molecule has 1 amide bonds. The summed E-state index contributed by atoms with van der Waals surface area (Å²) in [6.07, 6.45) is 2.61. The first-order valence-corrected chi connectivity index (χ1v) is 6.32. The van der Waals surface area contributed by atoms with Crippen LogP contribution < -0.4 is 10.6 Å². The maximum Gasteiger partial charge on any atom is 0.270 e. The number of hydrogen-bond acceptors (Lipinski definition) is 5. The van der Waals surface area contributed by atoms with E-state index in [1.165, 1.54) is 12.1 Å². The molecule has 0 unspecified atom stereocenters. The van der Waals surface area contributed by atoms with Gasteiger partial charge in [-0.25, -0.2) is 0 Å². The predicted molar refractivity (Wildman–Crippen MR) is 72.1 cm³/mol. The van der Waals surface area contributed by atoms with Crippen molar-refractivity contribution in [3.63, 3.8) is 0 Å². The summed E-state index contributed by atoms with van der Waals surface area (Å²) in [6.45, 7) is 0.589. The Hall–Kier alpha value is -2.46. The fourth-order valence-electron chi connectivity index (χ4n) is 1.74. The molecular formula is C13H14N4O3. The van der Waals surface area contributed by atoms with Crippen molar-refractivity contribution in [1.82, 2.24) is 5.32 Å². The second-order valence-electron chi connectivity index (χ2n) is 4.63. The number of amides is 1. The number of anilines is 1. The number of nitrogens with zero attached hydrogens (tertiary/aromatic N) is 2. The van der Waals surface area contributed by atoms with Gasteiger partial charge in [0.05, 0.1) is 16.2 Å². The number of nitriles is 1. The average Bonchev–Trinajstić information content (AvgIpc) is 3.23. The van der Waals surface area contributed by atoms with Gasteiger partial charge in [-0.2, -0.15) is 5.26 Å². The van der Waals surface area contributed by atoms with Crippen LogP contribution in [0.15, 0.2) is 18.2 Å². The van der Waals surface area contributed by atoms with Gasteiger partial charge in [0.2, 0.25) is 5.91 Å². The smallest absolute Gasteiger partial charge is 0.270 e. The van der Waals surface area contributed by atoms with Crippen molar-refractivity contribution in [2.24, 2.45) is 0 Å². The summed E-state index contributed by atoms with van der Waals surface area (Å²) in [6, 6.07) is 6.18. The monoisotopic (exact) mass is 274 g/mol. The predicted octanol–water partition coefficient (Wildman–Crippen LogP) is 1.55. The maximum atomic E-state index is 11.7. The van der Waals surface area contributed by atoms with Crippen molar-refractivity contribution in [2.75, 3.05) is 11.9 Å². The maximum absolute atomic E-state index is 11.7. The summed E-state index contributed by atoms with van der Waals surface area (Å²) in [7, 11) is 0. The fourth-order valence-corrected chi connectivity index (χ4v) is 1.74. The first kappa shape index (κ1) is 14.0. The minimum absolute atomic E-state index is 0.0858. The largest absolute Gasteiger partial charge is 0.325 e. The minimum Gasteiger partial charge on any atom is -0.325 e. The summed E-state index contributed by atoms with van der Waals surface area (Å²) in [4.78, 5) is 21.7. The van der Waals surface area contributed by atoms with Crippen molar-refractivity contribution < 1.29 is 9.72 Å². The first-order chi connectivity index (χ1) is 9.60. The Morgan fingerprint density at radius 3 is 2.85 bits per heavy atom. The topological polar surface area (TPSA) is 108 Å². The van der Waals surface area contributed by atoms with Gasteiger partial charge in [-0.05, 0) is 18.9 Å². The Morgan fingerprint density at radius 2 is 2.25 bits per heavy atom. The van der Waals surface area contributed by atoms with E-state index in [0.29, 0.717) is 24.7 Å². The number of carbonyl (C=O) groups excluding carboxylic acids is 1. The Morgan fingerprint density at radius 1 is 1.50 bits per heavy atom. The molecule has 0 atom stereocenters. The lowest BCUT2D eigenvalue weighted by Gasteiger charge is -2.07. The molecule has 2 rings (SSSR count). The molecule has 7 heteroatoms. The van der Waals surface area contributed by atoms with Gasteiger partial charge in [0, 0.05) is 31.1 Å². The lowest BCUT2D eigenvalue weighted by Crippen LogP contribution is -2.23.